The summed E-state index contributed by atoms with van der Waals surface area (Å²) in [5.41, 5.74) is 0.861. The van der Waals surface area contributed by atoms with E-state index in [4.69, 9.17) is 4.74 Å². The minimum absolute atomic E-state index is 0.152. The Labute approximate surface area is 155 Å². The van der Waals surface area contributed by atoms with Gasteiger partial charge in [-0.05, 0) is 48.9 Å². The maximum atomic E-state index is 12.4. The van der Waals surface area contributed by atoms with E-state index >= 15 is 0 Å². The van der Waals surface area contributed by atoms with Gasteiger partial charge in [-0.1, -0.05) is 22.9 Å². The predicted molar refractivity (Wildman–Crippen MR) is 101 cm³/mol. The molecule has 1 amide bonds. The predicted octanol–water partition coefficient (Wildman–Crippen LogP) is 3.40. The van der Waals surface area contributed by atoms with Crippen LogP contribution in [0.4, 0.5) is 5.69 Å². The minimum atomic E-state index is -3.53. The first-order valence-electron chi connectivity index (χ1n) is 7.62. The van der Waals surface area contributed by atoms with E-state index in [0.29, 0.717) is 30.0 Å². The van der Waals surface area contributed by atoms with Crippen molar-refractivity contribution in [1.82, 2.24) is 4.72 Å². The van der Waals surface area contributed by atoms with Gasteiger partial charge in [0.2, 0.25) is 10.0 Å². The number of nitrogens with one attached hydrogen (secondary N) is 2. The van der Waals surface area contributed by atoms with Crippen LogP contribution in [0.1, 0.15) is 23.7 Å². The summed E-state index contributed by atoms with van der Waals surface area (Å²) in [5.74, 6) is 0.0986. The summed E-state index contributed by atoms with van der Waals surface area (Å²) in [5, 5.41) is 2.73. The summed E-state index contributed by atoms with van der Waals surface area (Å²) in [6.07, 6.45) is 0.710. The third kappa shape index (κ3) is 5.04. The number of benzene rings is 2. The third-order valence-electron chi connectivity index (χ3n) is 3.37. The highest BCUT2D eigenvalue weighted by molar-refractivity contribution is 9.10. The van der Waals surface area contributed by atoms with Crippen LogP contribution in [0.2, 0.25) is 0 Å². The molecule has 6 nitrogen and oxygen atoms in total. The zero-order chi connectivity index (χ0) is 18.4. The summed E-state index contributed by atoms with van der Waals surface area (Å²) >= 11 is 3.32. The molecule has 0 unspecified atom stereocenters. The van der Waals surface area contributed by atoms with Crippen LogP contribution < -0.4 is 14.8 Å². The lowest BCUT2D eigenvalue weighted by atomic mass is 10.2. The number of sulfonamides is 1. The van der Waals surface area contributed by atoms with Gasteiger partial charge in [-0.3, -0.25) is 4.79 Å². The number of rotatable bonds is 7. The van der Waals surface area contributed by atoms with Gasteiger partial charge in [0.1, 0.15) is 5.75 Å². The second-order valence-corrected chi connectivity index (χ2v) is 7.90. The molecule has 25 heavy (non-hydrogen) atoms. The normalized spacial score (nSPS) is 11.2. The van der Waals surface area contributed by atoms with Crippen molar-refractivity contribution in [2.45, 2.75) is 18.2 Å². The van der Waals surface area contributed by atoms with Gasteiger partial charge in [0.15, 0.2) is 0 Å². The van der Waals surface area contributed by atoms with Gasteiger partial charge in [0.05, 0.1) is 17.6 Å². The Morgan fingerprint density at radius 2 is 1.84 bits per heavy atom. The Hall–Kier alpha value is -1.90. The van der Waals surface area contributed by atoms with E-state index in [0.717, 1.165) is 4.47 Å². The quantitative estimate of drug-likeness (QED) is 0.710. The molecule has 0 heterocycles. The Kier molecular flexibility index (Phi) is 6.57. The SMILES string of the molecule is CCCNS(=O)(=O)c1ccc(NC(=O)c2cc(Br)ccc2OC)cc1. The third-order valence-corrected chi connectivity index (χ3v) is 5.34. The van der Waals surface area contributed by atoms with Gasteiger partial charge in [0.25, 0.3) is 5.91 Å². The number of amides is 1. The molecule has 2 aromatic rings. The first-order chi connectivity index (χ1) is 11.9. The molecule has 0 aromatic heterocycles. The van der Waals surface area contributed by atoms with Crippen LogP contribution >= 0.6 is 15.9 Å². The topological polar surface area (TPSA) is 84.5 Å². The maximum absolute atomic E-state index is 12.4. The van der Waals surface area contributed by atoms with E-state index in [1.54, 1.807) is 30.3 Å². The lowest BCUT2D eigenvalue weighted by Crippen LogP contribution is -2.24. The fraction of sp³-hybridized carbons (Fsp3) is 0.235. The lowest BCUT2D eigenvalue weighted by Gasteiger charge is -2.11. The van der Waals surface area contributed by atoms with E-state index in [-0.39, 0.29) is 10.8 Å². The molecule has 0 radical (unpaired) electrons. The van der Waals surface area contributed by atoms with Crippen LogP contribution in [-0.4, -0.2) is 28.0 Å². The van der Waals surface area contributed by atoms with Crippen molar-refractivity contribution in [3.05, 3.63) is 52.5 Å². The summed E-state index contributed by atoms with van der Waals surface area (Å²) in [6, 6.07) is 11.1. The van der Waals surface area contributed by atoms with Crippen LogP contribution in [0.25, 0.3) is 0 Å². The Bertz CT molecular complexity index is 851. The number of hydrogen-bond acceptors (Lipinski definition) is 4. The number of halogens is 1. The summed E-state index contributed by atoms with van der Waals surface area (Å²) in [6.45, 7) is 2.26. The zero-order valence-electron chi connectivity index (χ0n) is 13.9. The fourth-order valence-corrected chi connectivity index (χ4v) is 3.59. The van der Waals surface area contributed by atoms with Crippen molar-refractivity contribution in [3.63, 3.8) is 0 Å². The van der Waals surface area contributed by atoms with Gasteiger partial charge >= 0.3 is 0 Å². The van der Waals surface area contributed by atoms with E-state index in [1.165, 1.54) is 19.2 Å². The van der Waals surface area contributed by atoms with Crippen LogP contribution in [-0.2, 0) is 10.0 Å². The van der Waals surface area contributed by atoms with E-state index in [2.05, 4.69) is 26.0 Å². The zero-order valence-corrected chi connectivity index (χ0v) is 16.3. The van der Waals surface area contributed by atoms with Crippen LogP contribution in [0, 0.1) is 0 Å². The molecule has 0 saturated carbocycles. The fourth-order valence-electron chi connectivity index (χ4n) is 2.09. The van der Waals surface area contributed by atoms with Crippen LogP contribution in [0.15, 0.2) is 51.8 Å². The largest absolute Gasteiger partial charge is 0.496 e. The van der Waals surface area contributed by atoms with Crippen LogP contribution in [0.5, 0.6) is 5.75 Å². The Morgan fingerprint density at radius 3 is 2.44 bits per heavy atom. The van der Waals surface area contributed by atoms with Gasteiger partial charge in [-0.15, -0.1) is 0 Å². The molecule has 2 N–H and O–H groups in total. The highest BCUT2D eigenvalue weighted by Gasteiger charge is 2.15. The molecule has 0 aliphatic rings. The molecular formula is C17H19BrN2O4S. The van der Waals surface area contributed by atoms with Gasteiger partial charge in [0, 0.05) is 16.7 Å². The number of ether oxygens (including phenoxy) is 1. The molecule has 8 heteroatoms. The maximum Gasteiger partial charge on any atom is 0.259 e. The number of methoxy groups -OCH3 is 1. The number of carbonyl (C=O) groups is 1. The minimum Gasteiger partial charge on any atom is -0.496 e. The number of hydrogen-bond donors (Lipinski definition) is 2. The molecule has 0 bridgehead atoms. The van der Waals surface area contributed by atoms with Crippen LogP contribution in [0.3, 0.4) is 0 Å². The summed E-state index contributed by atoms with van der Waals surface area (Å²) in [7, 11) is -2.04. The lowest BCUT2D eigenvalue weighted by molar-refractivity contribution is 0.102. The van der Waals surface area contributed by atoms with Crippen molar-refractivity contribution in [3.8, 4) is 5.75 Å². The van der Waals surface area contributed by atoms with Crippen molar-refractivity contribution < 1.29 is 17.9 Å². The molecule has 0 aliphatic heterocycles. The van der Waals surface area contributed by atoms with Gasteiger partial charge in [-0.2, -0.15) is 0 Å². The molecule has 0 aliphatic carbocycles. The molecule has 0 saturated heterocycles. The summed E-state index contributed by atoms with van der Waals surface area (Å²) in [4.78, 5) is 12.6. The first kappa shape index (κ1) is 19.4. The molecule has 0 atom stereocenters. The molecular weight excluding hydrogens is 408 g/mol. The average Bonchev–Trinajstić information content (AvgIpc) is 2.60. The molecule has 2 rings (SSSR count). The number of carbonyl (C=O) groups excluding carboxylic acids is 1. The number of anilines is 1. The monoisotopic (exact) mass is 426 g/mol. The van der Waals surface area contributed by atoms with Crippen molar-refractivity contribution in [1.29, 1.82) is 0 Å². The van der Waals surface area contributed by atoms with E-state index in [9.17, 15) is 13.2 Å². The van der Waals surface area contributed by atoms with Crippen molar-refractivity contribution in [2.75, 3.05) is 19.0 Å². The Balaban J connectivity index is 2.16. The second kappa shape index (κ2) is 8.46. The standard InChI is InChI=1S/C17H19BrN2O4S/c1-3-10-19-25(22,23)14-7-5-13(6-8-14)20-17(21)15-11-12(18)4-9-16(15)24-2/h4-9,11,19H,3,10H2,1-2H3,(H,20,21). The highest BCUT2D eigenvalue weighted by atomic mass is 79.9. The first-order valence-corrected chi connectivity index (χ1v) is 9.89. The van der Waals surface area contributed by atoms with E-state index in [1.807, 2.05) is 6.92 Å². The molecule has 0 spiro atoms. The van der Waals surface area contributed by atoms with Gasteiger partial charge < -0.3 is 10.1 Å². The molecule has 134 valence electrons. The second-order valence-electron chi connectivity index (χ2n) is 5.22. The van der Waals surface area contributed by atoms with Crippen molar-refractivity contribution >= 4 is 37.5 Å². The summed E-state index contributed by atoms with van der Waals surface area (Å²) < 4.78 is 32.5. The smallest absolute Gasteiger partial charge is 0.259 e. The average molecular weight is 427 g/mol. The van der Waals surface area contributed by atoms with E-state index < -0.39 is 10.0 Å². The highest BCUT2D eigenvalue weighted by Crippen LogP contribution is 2.24. The van der Waals surface area contributed by atoms with Crippen molar-refractivity contribution in [2.24, 2.45) is 0 Å². The molecule has 2 aromatic carbocycles. The van der Waals surface area contributed by atoms with Gasteiger partial charge in [-0.25, -0.2) is 13.1 Å². The Morgan fingerprint density at radius 1 is 1.16 bits per heavy atom. The molecule has 0 fully saturated rings.